The van der Waals surface area contributed by atoms with Crippen LogP contribution in [0, 0.1) is 18.8 Å². The van der Waals surface area contributed by atoms with Crippen molar-refractivity contribution in [3.05, 3.63) is 64.3 Å². The first-order valence-electron chi connectivity index (χ1n) is 15.6. The number of amides is 1. The number of benzene rings is 2. The van der Waals surface area contributed by atoms with E-state index < -0.39 is 12.1 Å². The molecule has 1 amide bonds. The summed E-state index contributed by atoms with van der Waals surface area (Å²) in [6.45, 7) is 6.91. The molecule has 0 aliphatic heterocycles. The molecule has 2 aromatic rings. The van der Waals surface area contributed by atoms with Crippen LogP contribution in [-0.4, -0.2) is 50.5 Å². The second-order valence-corrected chi connectivity index (χ2v) is 12.6. The molecule has 0 aromatic heterocycles. The van der Waals surface area contributed by atoms with Gasteiger partial charge in [-0.15, -0.1) is 0 Å². The van der Waals surface area contributed by atoms with Gasteiger partial charge in [0.05, 0.1) is 24.3 Å². The van der Waals surface area contributed by atoms with Gasteiger partial charge in [0, 0.05) is 29.5 Å². The molecule has 2 aromatic carbocycles. The van der Waals surface area contributed by atoms with Crippen molar-refractivity contribution in [3.8, 4) is 16.9 Å². The SMILES string of the molecule is CN[C@@H](CN(C1=CCCC=C1)c1cc(Cl)c(-c2cc(OC)c(NC(=O)OCC(C)C)c(C(=O)O)c2)cc1C)C1CCCCC1. The van der Waals surface area contributed by atoms with Crippen molar-refractivity contribution < 1.29 is 24.2 Å². The lowest BCUT2D eigenvalue weighted by atomic mass is 9.83. The topological polar surface area (TPSA) is 100 Å². The summed E-state index contributed by atoms with van der Waals surface area (Å²) in [4.78, 5) is 27.1. The molecule has 8 nitrogen and oxygen atoms in total. The van der Waals surface area contributed by atoms with Crippen LogP contribution in [0.1, 0.15) is 74.7 Å². The molecular formula is C35H46ClN3O5. The number of nitrogens with zero attached hydrogens (tertiary/aromatic N) is 1. The van der Waals surface area contributed by atoms with E-state index in [2.05, 4.69) is 47.7 Å². The van der Waals surface area contributed by atoms with E-state index in [9.17, 15) is 14.7 Å². The number of hydrogen-bond donors (Lipinski definition) is 3. The van der Waals surface area contributed by atoms with Gasteiger partial charge in [-0.1, -0.05) is 56.9 Å². The lowest BCUT2D eigenvalue weighted by Gasteiger charge is -2.37. The molecule has 1 atom stereocenters. The number of carboxylic acid groups (broad SMARTS) is 1. The highest BCUT2D eigenvalue weighted by Gasteiger charge is 2.27. The molecule has 0 spiro atoms. The lowest BCUT2D eigenvalue weighted by Crippen LogP contribution is -2.44. The van der Waals surface area contributed by atoms with Gasteiger partial charge in [0.2, 0.25) is 0 Å². The van der Waals surface area contributed by atoms with E-state index in [1.807, 2.05) is 26.0 Å². The first kappa shape index (κ1) is 33.4. The molecule has 238 valence electrons. The molecule has 1 fully saturated rings. The molecule has 0 saturated heterocycles. The summed E-state index contributed by atoms with van der Waals surface area (Å²) in [6.07, 6.45) is 14.3. The van der Waals surface area contributed by atoms with Crippen molar-refractivity contribution in [1.29, 1.82) is 0 Å². The second kappa shape index (κ2) is 15.5. The van der Waals surface area contributed by atoms with Crippen LogP contribution in [0.25, 0.3) is 11.1 Å². The maximum Gasteiger partial charge on any atom is 0.411 e. The fourth-order valence-electron chi connectivity index (χ4n) is 6.14. The first-order valence-corrected chi connectivity index (χ1v) is 16.0. The van der Waals surface area contributed by atoms with Crippen molar-refractivity contribution in [2.45, 2.75) is 71.8 Å². The zero-order chi connectivity index (χ0) is 31.8. The number of aromatic carboxylic acids is 1. The zero-order valence-electron chi connectivity index (χ0n) is 26.5. The third kappa shape index (κ3) is 8.16. The molecule has 9 heteroatoms. The fraction of sp³-hybridized carbons (Fsp3) is 0.486. The smallest absolute Gasteiger partial charge is 0.411 e. The van der Waals surface area contributed by atoms with Crippen molar-refractivity contribution in [2.75, 3.05) is 37.5 Å². The maximum atomic E-state index is 12.4. The molecule has 44 heavy (non-hydrogen) atoms. The van der Waals surface area contributed by atoms with Crippen LogP contribution in [-0.2, 0) is 4.74 Å². The van der Waals surface area contributed by atoms with E-state index in [1.54, 1.807) is 6.07 Å². The van der Waals surface area contributed by atoms with Crippen LogP contribution in [0.4, 0.5) is 16.2 Å². The normalized spacial score (nSPS) is 15.9. The highest BCUT2D eigenvalue weighted by molar-refractivity contribution is 6.33. The number of allylic oxidation sites excluding steroid dienone is 3. The quantitative estimate of drug-likeness (QED) is 0.218. The van der Waals surface area contributed by atoms with Gasteiger partial charge >= 0.3 is 12.1 Å². The second-order valence-electron chi connectivity index (χ2n) is 12.2. The predicted octanol–water partition coefficient (Wildman–Crippen LogP) is 8.44. The number of anilines is 2. The van der Waals surface area contributed by atoms with Gasteiger partial charge in [0.1, 0.15) is 11.4 Å². The number of ether oxygens (including phenoxy) is 2. The number of carboxylic acids is 1. The number of halogens is 1. The molecule has 0 bridgehead atoms. The van der Waals surface area contributed by atoms with E-state index in [4.69, 9.17) is 21.1 Å². The Kier molecular flexibility index (Phi) is 11.8. The van der Waals surface area contributed by atoms with Crippen molar-refractivity contribution in [1.82, 2.24) is 5.32 Å². The van der Waals surface area contributed by atoms with Crippen LogP contribution < -0.4 is 20.3 Å². The number of likely N-dealkylation sites (N-methyl/N-ethyl adjacent to an activating group) is 1. The number of methoxy groups -OCH3 is 1. The Bertz CT molecular complexity index is 1400. The summed E-state index contributed by atoms with van der Waals surface area (Å²) in [5.74, 6) is -0.259. The summed E-state index contributed by atoms with van der Waals surface area (Å²) in [6, 6.07) is 7.50. The van der Waals surface area contributed by atoms with Crippen LogP contribution in [0.3, 0.4) is 0 Å². The van der Waals surface area contributed by atoms with Crippen molar-refractivity contribution in [2.24, 2.45) is 11.8 Å². The minimum absolute atomic E-state index is 0.0324. The monoisotopic (exact) mass is 623 g/mol. The van der Waals surface area contributed by atoms with Crippen LogP contribution >= 0.6 is 11.6 Å². The van der Waals surface area contributed by atoms with E-state index in [-0.39, 0.29) is 29.5 Å². The first-order chi connectivity index (χ1) is 21.1. The highest BCUT2D eigenvalue weighted by Crippen LogP contribution is 2.41. The number of carbonyl (C=O) groups excluding carboxylic acids is 1. The Balaban J connectivity index is 1.72. The molecule has 1 saturated carbocycles. The summed E-state index contributed by atoms with van der Waals surface area (Å²) in [5, 5.41) is 16.7. The summed E-state index contributed by atoms with van der Waals surface area (Å²) in [7, 11) is 3.49. The number of aryl methyl sites for hydroxylation is 1. The van der Waals surface area contributed by atoms with Gasteiger partial charge < -0.3 is 24.8 Å². The molecule has 0 unspecified atom stereocenters. The van der Waals surface area contributed by atoms with Gasteiger partial charge in [-0.2, -0.15) is 0 Å². The zero-order valence-corrected chi connectivity index (χ0v) is 27.3. The van der Waals surface area contributed by atoms with Crippen molar-refractivity contribution >= 4 is 35.0 Å². The molecule has 0 heterocycles. The Labute approximate surface area is 266 Å². The minimum Gasteiger partial charge on any atom is -0.495 e. The molecule has 2 aliphatic rings. The average molecular weight is 624 g/mol. The average Bonchev–Trinajstić information content (AvgIpc) is 3.02. The van der Waals surface area contributed by atoms with E-state index in [0.717, 1.165) is 36.3 Å². The molecule has 4 rings (SSSR count). The highest BCUT2D eigenvalue weighted by atomic mass is 35.5. The third-order valence-corrected chi connectivity index (χ3v) is 8.78. The molecule has 2 aliphatic carbocycles. The summed E-state index contributed by atoms with van der Waals surface area (Å²) < 4.78 is 10.8. The maximum absolute atomic E-state index is 12.4. The largest absolute Gasteiger partial charge is 0.495 e. The Morgan fingerprint density at radius 2 is 1.86 bits per heavy atom. The van der Waals surface area contributed by atoms with E-state index in [0.29, 0.717) is 28.1 Å². The fourth-order valence-corrected chi connectivity index (χ4v) is 6.41. The van der Waals surface area contributed by atoms with Gasteiger partial charge in [0.15, 0.2) is 0 Å². The van der Waals surface area contributed by atoms with Crippen LogP contribution in [0.5, 0.6) is 5.75 Å². The lowest BCUT2D eigenvalue weighted by molar-refractivity contribution is 0.0697. The summed E-state index contributed by atoms with van der Waals surface area (Å²) in [5.41, 5.74) is 4.34. The number of nitrogens with one attached hydrogen (secondary N) is 2. The molecule has 3 N–H and O–H groups in total. The summed E-state index contributed by atoms with van der Waals surface area (Å²) >= 11 is 7.00. The van der Waals surface area contributed by atoms with Crippen LogP contribution in [0.2, 0.25) is 5.02 Å². The molecular weight excluding hydrogens is 578 g/mol. The number of rotatable bonds is 12. The molecule has 0 radical (unpaired) electrons. The van der Waals surface area contributed by atoms with E-state index >= 15 is 0 Å². The third-order valence-electron chi connectivity index (χ3n) is 8.47. The Morgan fingerprint density at radius 1 is 1.11 bits per heavy atom. The Morgan fingerprint density at radius 3 is 2.48 bits per heavy atom. The minimum atomic E-state index is -1.21. The predicted molar refractivity (Wildman–Crippen MR) is 178 cm³/mol. The van der Waals surface area contributed by atoms with Gasteiger partial charge in [-0.05, 0) is 93.0 Å². The standard InChI is InChI=1S/C35H46ClN3O5/c1-22(2)21-44-35(42)38-33-28(34(40)41)17-25(18-32(33)43-5)27-16-23(3)31(19-29(27)36)39(26-14-10-7-11-15-26)20-30(37-4)24-12-8-6-9-13-24/h10,14-19,22,24,30,37H,6-9,11-13,20-21H2,1-5H3,(H,38,42)(H,40,41)/t30-/m0/s1. The van der Waals surface area contributed by atoms with Crippen molar-refractivity contribution in [3.63, 3.8) is 0 Å². The van der Waals surface area contributed by atoms with Gasteiger partial charge in [-0.25, -0.2) is 9.59 Å². The van der Waals surface area contributed by atoms with Gasteiger partial charge in [-0.3, -0.25) is 5.32 Å². The van der Waals surface area contributed by atoms with E-state index in [1.165, 1.54) is 45.3 Å². The Hall–Kier alpha value is -3.49. The number of carbonyl (C=O) groups is 2. The number of hydrogen-bond acceptors (Lipinski definition) is 6. The van der Waals surface area contributed by atoms with Gasteiger partial charge in [0.25, 0.3) is 0 Å². The van der Waals surface area contributed by atoms with Crippen LogP contribution in [0.15, 0.2) is 48.2 Å².